The Hall–Kier alpha value is -3.76. The van der Waals surface area contributed by atoms with Gasteiger partial charge in [0, 0.05) is 18.2 Å². The summed E-state index contributed by atoms with van der Waals surface area (Å²) >= 11 is 0. The monoisotopic (exact) mass is 417 g/mol. The van der Waals surface area contributed by atoms with Crippen molar-refractivity contribution in [1.29, 1.82) is 0 Å². The lowest BCUT2D eigenvalue weighted by Crippen LogP contribution is -2.11. The maximum atomic E-state index is 13.6. The van der Waals surface area contributed by atoms with Crippen molar-refractivity contribution < 1.29 is 17.6 Å². The number of imidazole rings is 1. The van der Waals surface area contributed by atoms with Gasteiger partial charge < -0.3 is 11.1 Å². The summed E-state index contributed by atoms with van der Waals surface area (Å²) in [5.41, 5.74) is 6.40. The molecule has 0 amide bonds. The molecule has 0 radical (unpaired) electrons. The third-order valence-corrected chi connectivity index (χ3v) is 4.31. The fraction of sp³-hybridized carbons (Fsp3) is 0.158. The third-order valence-electron chi connectivity index (χ3n) is 4.31. The highest BCUT2D eigenvalue weighted by Gasteiger charge is 2.30. The lowest BCUT2D eigenvalue weighted by molar-refractivity contribution is -0.137. The van der Waals surface area contributed by atoms with E-state index >= 15 is 0 Å². The molecule has 11 heteroatoms. The summed E-state index contributed by atoms with van der Waals surface area (Å²) in [5.74, 6) is 0.267. The second-order valence-electron chi connectivity index (χ2n) is 6.37. The Bertz CT molecular complexity index is 1220. The van der Waals surface area contributed by atoms with E-state index in [-0.39, 0.29) is 17.8 Å². The molecule has 4 rings (SSSR count). The molecule has 0 unspecified atom stereocenters. The number of hydrogen-bond acceptors (Lipinski definition) is 6. The van der Waals surface area contributed by atoms with Crippen molar-refractivity contribution in [3.8, 4) is 5.95 Å². The van der Waals surface area contributed by atoms with Crippen LogP contribution in [0.25, 0.3) is 17.0 Å². The molecule has 0 aliphatic carbocycles. The predicted molar refractivity (Wildman–Crippen MR) is 103 cm³/mol. The fourth-order valence-corrected chi connectivity index (χ4v) is 2.97. The Kier molecular flexibility index (Phi) is 4.72. The maximum Gasteiger partial charge on any atom is 0.416 e. The molecule has 0 aliphatic rings. The molecule has 0 atom stereocenters. The van der Waals surface area contributed by atoms with Crippen LogP contribution in [0.5, 0.6) is 0 Å². The molecule has 0 saturated carbocycles. The van der Waals surface area contributed by atoms with E-state index in [0.717, 1.165) is 12.1 Å². The van der Waals surface area contributed by atoms with Gasteiger partial charge >= 0.3 is 6.18 Å². The second-order valence-corrected chi connectivity index (χ2v) is 6.37. The minimum absolute atomic E-state index is 0.0447. The number of halogens is 4. The Morgan fingerprint density at radius 3 is 2.40 bits per heavy atom. The maximum absolute atomic E-state index is 13.6. The van der Waals surface area contributed by atoms with Gasteiger partial charge in [0.15, 0.2) is 0 Å². The number of anilines is 3. The van der Waals surface area contributed by atoms with E-state index in [2.05, 4.69) is 25.3 Å². The molecule has 154 valence electrons. The van der Waals surface area contributed by atoms with Crippen LogP contribution in [0.1, 0.15) is 18.3 Å². The first kappa shape index (κ1) is 19.6. The van der Waals surface area contributed by atoms with Crippen molar-refractivity contribution in [1.82, 2.24) is 24.5 Å². The largest absolute Gasteiger partial charge is 0.416 e. The number of benzene rings is 2. The molecule has 2 aromatic heterocycles. The number of aromatic nitrogens is 5. The van der Waals surface area contributed by atoms with Crippen molar-refractivity contribution in [2.45, 2.75) is 19.5 Å². The minimum atomic E-state index is -4.43. The SMILES string of the molecule is CCc1nc2cc(F)ccc2n1-c1nc(N)nc(Nc2ccc(C(F)(F)F)cc2)n1. The number of nitrogens with zero attached hydrogens (tertiary/aromatic N) is 5. The lowest BCUT2D eigenvalue weighted by Gasteiger charge is -2.11. The molecule has 0 aliphatic heterocycles. The number of fused-ring (bicyclic) bond motifs is 1. The summed E-state index contributed by atoms with van der Waals surface area (Å²) in [6.45, 7) is 1.87. The molecule has 3 N–H and O–H groups in total. The first-order valence-electron chi connectivity index (χ1n) is 8.87. The van der Waals surface area contributed by atoms with Gasteiger partial charge in [0.05, 0.1) is 16.6 Å². The van der Waals surface area contributed by atoms with Crippen LogP contribution in [-0.2, 0) is 12.6 Å². The molecule has 2 heterocycles. The van der Waals surface area contributed by atoms with Crippen LogP contribution in [0.3, 0.4) is 0 Å². The molecular weight excluding hydrogens is 402 g/mol. The van der Waals surface area contributed by atoms with E-state index < -0.39 is 17.6 Å². The predicted octanol–water partition coefficient (Wildman–Crippen LogP) is 4.26. The smallest absolute Gasteiger partial charge is 0.368 e. The van der Waals surface area contributed by atoms with Crippen LogP contribution >= 0.6 is 0 Å². The summed E-state index contributed by atoms with van der Waals surface area (Å²) in [6.07, 6.45) is -3.91. The summed E-state index contributed by atoms with van der Waals surface area (Å²) < 4.78 is 53.4. The average molecular weight is 417 g/mol. The number of nitrogens with two attached hydrogens (primary N) is 1. The van der Waals surface area contributed by atoms with Gasteiger partial charge in [-0.1, -0.05) is 6.92 Å². The zero-order chi connectivity index (χ0) is 21.5. The van der Waals surface area contributed by atoms with Gasteiger partial charge in [0.1, 0.15) is 11.6 Å². The topological polar surface area (TPSA) is 94.5 Å². The number of nitrogen functional groups attached to an aromatic ring is 1. The zero-order valence-electron chi connectivity index (χ0n) is 15.6. The molecule has 2 aromatic carbocycles. The van der Waals surface area contributed by atoms with E-state index in [4.69, 9.17) is 5.73 Å². The molecule has 4 aromatic rings. The van der Waals surface area contributed by atoms with Crippen LogP contribution in [0.4, 0.5) is 35.1 Å². The lowest BCUT2D eigenvalue weighted by atomic mass is 10.2. The molecule has 0 fully saturated rings. The standard InChI is InChI=1S/C19H15F4N7/c1-2-15-26-13-9-11(20)5-8-14(13)30(15)18-28-16(24)27-17(29-18)25-12-6-3-10(4-7-12)19(21,22)23/h3-9H,2H2,1H3,(H3,24,25,27,28,29). The number of alkyl halides is 3. The normalized spacial score (nSPS) is 11.8. The molecule has 0 spiro atoms. The quantitative estimate of drug-likeness (QED) is 0.482. The highest BCUT2D eigenvalue weighted by Crippen LogP contribution is 2.30. The molecule has 30 heavy (non-hydrogen) atoms. The highest BCUT2D eigenvalue weighted by atomic mass is 19.4. The summed E-state index contributed by atoms with van der Waals surface area (Å²) in [6, 6.07) is 8.56. The van der Waals surface area contributed by atoms with Crippen molar-refractivity contribution in [2.24, 2.45) is 0 Å². The van der Waals surface area contributed by atoms with Gasteiger partial charge in [-0.2, -0.15) is 28.1 Å². The molecular formula is C19H15F4N7. The molecule has 7 nitrogen and oxygen atoms in total. The first-order chi connectivity index (χ1) is 14.2. The third kappa shape index (κ3) is 3.73. The van der Waals surface area contributed by atoms with Crippen LogP contribution in [0.2, 0.25) is 0 Å². The van der Waals surface area contributed by atoms with Gasteiger partial charge in [-0.15, -0.1) is 0 Å². The summed E-state index contributed by atoms with van der Waals surface area (Å²) in [7, 11) is 0. The second kappa shape index (κ2) is 7.25. The van der Waals surface area contributed by atoms with Crippen LogP contribution in [-0.4, -0.2) is 24.5 Å². The van der Waals surface area contributed by atoms with E-state index in [1.165, 1.54) is 24.3 Å². The van der Waals surface area contributed by atoms with E-state index in [1.807, 2.05) is 6.92 Å². The van der Waals surface area contributed by atoms with Crippen molar-refractivity contribution >= 4 is 28.6 Å². The number of hydrogen-bond donors (Lipinski definition) is 2. The fourth-order valence-electron chi connectivity index (χ4n) is 2.97. The molecule has 0 bridgehead atoms. The Morgan fingerprint density at radius 1 is 1.00 bits per heavy atom. The highest BCUT2D eigenvalue weighted by molar-refractivity contribution is 5.77. The Labute approximate surface area is 167 Å². The first-order valence-corrected chi connectivity index (χ1v) is 8.87. The van der Waals surface area contributed by atoms with Gasteiger partial charge in [-0.05, 0) is 36.4 Å². The number of nitrogens with one attached hydrogen (secondary N) is 1. The van der Waals surface area contributed by atoms with Crippen molar-refractivity contribution in [3.63, 3.8) is 0 Å². The van der Waals surface area contributed by atoms with Crippen LogP contribution in [0, 0.1) is 5.82 Å². The van der Waals surface area contributed by atoms with Gasteiger partial charge in [-0.25, -0.2) is 9.37 Å². The number of aryl methyl sites for hydroxylation is 1. The summed E-state index contributed by atoms with van der Waals surface area (Å²) in [4.78, 5) is 16.8. The van der Waals surface area contributed by atoms with Crippen LogP contribution < -0.4 is 11.1 Å². The molecule has 0 saturated heterocycles. The van der Waals surface area contributed by atoms with Crippen LogP contribution in [0.15, 0.2) is 42.5 Å². The average Bonchev–Trinajstić information content (AvgIpc) is 3.05. The minimum Gasteiger partial charge on any atom is -0.368 e. The van der Waals surface area contributed by atoms with Gasteiger partial charge in [0.25, 0.3) is 0 Å². The Balaban J connectivity index is 1.73. The van der Waals surface area contributed by atoms with Gasteiger partial charge in [-0.3, -0.25) is 4.57 Å². The van der Waals surface area contributed by atoms with E-state index in [1.54, 1.807) is 10.6 Å². The number of rotatable bonds is 4. The summed E-state index contributed by atoms with van der Waals surface area (Å²) in [5, 5.41) is 2.82. The van der Waals surface area contributed by atoms with Crippen molar-refractivity contribution in [3.05, 3.63) is 59.7 Å². The van der Waals surface area contributed by atoms with E-state index in [0.29, 0.717) is 29.0 Å². The van der Waals surface area contributed by atoms with E-state index in [9.17, 15) is 17.6 Å². The Morgan fingerprint density at radius 2 is 1.73 bits per heavy atom. The van der Waals surface area contributed by atoms with Gasteiger partial charge in [0.2, 0.25) is 17.8 Å². The van der Waals surface area contributed by atoms with Crippen molar-refractivity contribution in [2.75, 3.05) is 11.1 Å². The zero-order valence-corrected chi connectivity index (χ0v) is 15.6.